The van der Waals surface area contributed by atoms with Gasteiger partial charge >= 0.3 is 0 Å². The van der Waals surface area contributed by atoms with Gasteiger partial charge in [0.25, 0.3) is 5.91 Å². The first-order valence-corrected chi connectivity index (χ1v) is 6.60. The van der Waals surface area contributed by atoms with Gasteiger partial charge in [0.1, 0.15) is 5.75 Å². The van der Waals surface area contributed by atoms with E-state index in [-0.39, 0.29) is 5.91 Å². The first-order chi connectivity index (χ1) is 10.3. The van der Waals surface area contributed by atoms with Crippen molar-refractivity contribution in [1.29, 1.82) is 0 Å². The summed E-state index contributed by atoms with van der Waals surface area (Å²) in [6.07, 6.45) is 1.73. The molecule has 0 fully saturated rings. The Morgan fingerprint density at radius 1 is 1.24 bits per heavy atom. The van der Waals surface area contributed by atoms with Crippen molar-refractivity contribution in [2.75, 3.05) is 7.11 Å². The van der Waals surface area contributed by atoms with Crippen LogP contribution in [0.2, 0.25) is 0 Å². The fraction of sp³-hybridized carbons (Fsp3) is 0.125. The molecular weight excluding hydrogens is 266 g/mol. The fourth-order valence-corrected chi connectivity index (χ4v) is 2.11. The van der Waals surface area contributed by atoms with E-state index in [2.05, 4.69) is 15.5 Å². The lowest BCUT2D eigenvalue weighted by Gasteiger charge is -2.06. The molecule has 21 heavy (non-hydrogen) atoms. The minimum absolute atomic E-state index is 0.109. The third-order valence-electron chi connectivity index (χ3n) is 3.32. The molecule has 2 N–H and O–H groups in total. The molecule has 1 amide bonds. The Hall–Kier alpha value is -2.82. The molecule has 0 atom stereocenters. The van der Waals surface area contributed by atoms with E-state index >= 15 is 0 Å². The average Bonchev–Trinajstić information content (AvgIpc) is 3.00. The van der Waals surface area contributed by atoms with E-state index in [1.165, 1.54) is 0 Å². The van der Waals surface area contributed by atoms with E-state index in [1.807, 2.05) is 30.3 Å². The Morgan fingerprint density at radius 2 is 2.05 bits per heavy atom. The molecule has 0 spiro atoms. The quantitative estimate of drug-likeness (QED) is 0.772. The SMILES string of the molecule is COc1ccc(CNC(=O)c2ccc3cn[nH]c3c2)cc1. The zero-order chi connectivity index (χ0) is 14.7. The maximum Gasteiger partial charge on any atom is 0.251 e. The summed E-state index contributed by atoms with van der Waals surface area (Å²) >= 11 is 0. The number of aromatic nitrogens is 2. The van der Waals surface area contributed by atoms with Gasteiger partial charge in [0.2, 0.25) is 0 Å². The van der Waals surface area contributed by atoms with Gasteiger partial charge < -0.3 is 10.1 Å². The summed E-state index contributed by atoms with van der Waals surface area (Å²) in [6, 6.07) is 13.1. The van der Waals surface area contributed by atoms with E-state index in [0.717, 1.165) is 22.2 Å². The van der Waals surface area contributed by atoms with Crippen molar-refractivity contribution >= 4 is 16.8 Å². The highest BCUT2D eigenvalue weighted by Gasteiger charge is 2.07. The molecule has 3 rings (SSSR count). The molecule has 2 aromatic carbocycles. The average molecular weight is 281 g/mol. The highest BCUT2D eigenvalue weighted by Crippen LogP contribution is 2.14. The molecule has 5 nitrogen and oxygen atoms in total. The van der Waals surface area contributed by atoms with Crippen LogP contribution in [0.4, 0.5) is 0 Å². The van der Waals surface area contributed by atoms with Gasteiger partial charge in [0, 0.05) is 17.5 Å². The second-order valence-corrected chi connectivity index (χ2v) is 4.70. The molecule has 0 radical (unpaired) electrons. The predicted octanol–water partition coefficient (Wildman–Crippen LogP) is 2.50. The topological polar surface area (TPSA) is 67.0 Å². The summed E-state index contributed by atoms with van der Waals surface area (Å²) in [7, 11) is 1.63. The van der Waals surface area contributed by atoms with Crippen LogP contribution >= 0.6 is 0 Å². The Kier molecular flexibility index (Phi) is 3.55. The number of carbonyl (C=O) groups excluding carboxylic acids is 1. The van der Waals surface area contributed by atoms with E-state index in [0.29, 0.717) is 12.1 Å². The van der Waals surface area contributed by atoms with Crippen molar-refractivity contribution in [3.63, 3.8) is 0 Å². The van der Waals surface area contributed by atoms with Gasteiger partial charge in [-0.3, -0.25) is 9.89 Å². The number of methoxy groups -OCH3 is 1. The number of hydrogen-bond acceptors (Lipinski definition) is 3. The van der Waals surface area contributed by atoms with Crippen molar-refractivity contribution in [1.82, 2.24) is 15.5 Å². The van der Waals surface area contributed by atoms with E-state index in [4.69, 9.17) is 4.74 Å². The molecule has 0 saturated carbocycles. The molecule has 1 heterocycles. The molecule has 5 heteroatoms. The summed E-state index contributed by atoms with van der Waals surface area (Å²) < 4.78 is 5.10. The zero-order valence-electron chi connectivity index (χ0n) is 11.6. The van der Waals surface area contributed by atoms with Gasteiger partial charge in [-0.25, -0.2) is 0 Å². The smallest absolute Gasteiger partial charge is 0.251 e. The van der Waals surface area contributed by atoms with Crippen LogP contribution in [-0.4, -0.2) is 23.2 Å². The number of ether oxygens (including phenoxy) is 1. The summed E-state index contributed by atoms with van der Waals surface area (Å²) in [4.78, 5) is 12.1. The minimum atomic E-state index is -0.109. The number of nitrogens with zero attached hydrogens (tertiary/aromatic N) is 1. The number of amides is 1. The first-order valence-electron chi connectivity index (χ1n) is 6.60. The van der Waals surface area contributed by atoms with E-state index in [1.54, 1.807) is 25.4 Å². The second kappa shape index (κ2) is 5.66. The van der Waals surface area contributed by atoms with Crippen molar-refractivity contribution in [2.24, 2.45) is 0 Å². The minimum Gasteiger partial charge on any atom is -0.497 e. The first kappa shape index (κ1) is 13.2. The molecule has 0 unspecified atom stereocenters. The van der Waals surface area contributed by atoms with Crippen LogP contribution < -0.4 is 10.1 Å². The molecule has 0 aliphatic rings. The molecule has 1 aromatic heterocycles. The highest BCUT2D eigenvalue weighted by atomic mass is 16.5. The largest absolute Gasteiger partial charge is 0.497 e. The maximum atomic E-state index is 12.1. The molecule has 0 bridgehead atoms. The Labute approximate surface area is 121 Å². The third-order valence-corrected chi connectivity index (χ3v) is 3.32. The van der Waals surface area contributed by atoms with Crippen LogP contribution in [0, 0.1) is 0 Å². The van der Waals surface area contributed by atoms with Gasteiger partial charge in [0.15, 0.2) is 0 Å². The summed E-state index contributed by atoms with van der Waals surface area (Å²) in [5, 5.41) is 10.7. The van der Waals surface area contributed by atoms with Crippen molar-refractivity contribution in [2.45, 2.75) is 6.54 Å². The van der Waals surface area contributed by atoms with E-state index < -0.39 is 0 Å². The monoisotopic (exact) mass is 281 g/mol. The van der Waals surface area contributed by atoms with E-state index in [9.17, 15) is 4.79 Å². The number of H-pyrrole nitrogens is 1. The Bertz CT molecular complexity index is 763. The molecule has 0 aliphatic heterocycles. The van der Waals surface area contributed by atoms with Crippen molar-refractivity contribution in [3.05, 3.63) is 59.8 Å². The lowest BCUT2D eigenvalue weighted by atomic mass is 10.1. The highest BCUT2D eigenvalue weighted by molar-refractivity contribution is 5.97. The Balaban J connectivity index is 1.67. The number of nitrogens with one attached hydrogen (secondary N) is 2. The molecule has 0 saturated heterocycles. The summed E-state index contributed by atoms with van der Waals surface area (Å²) in [5.74, 6) is 0.692. The van der Waals surface area contributed by atoms with Crippen LogP contribution in [0.25, 0.3) is 10.9 Å². The van der Waals surface area contributed by atoms with Crippen LogP contribution in [0.15, 0.2) is 48.7 Å². The molecular formula is C16H15N3O2. The van der Waals surface area contributed by atoms with Gasteiger partial charge in [-0.15, -0.1) is 0 Å². The number of fused-ring (bicyclic) bond motifs is 1. The van der Waals surface area contributed by atoms with Gasteiger partial charge in [-0.2, -0.15) is 5.10 Å². The van der Waals surface area contributed by atoms with Crippen molar-refractivity contribution < 1.29 is 9.53 Å². The standard InChI is InChI=1S/C16H15N3O2/c1-21-14-6-2-11(3-7-14)9-17-16(20)12-4-5-13-10-18-19-15(13)8-12/h2-8,10H,9H2,1H3,(H,17,20)(H,18,19). The molecule has 106 valence electrons. The Morgan fingerprint density at radius 3 is 2.81 bits per heavy atom. The maximum absolute atomic E-state index is 12.1. The van der Waals surface area contributed by atoms with Gasteiger partial charge in [-0.05, 0) is 29.8 Å². The number of hydrogen-bond donors (Lipinski definition) is 2. The zero-order valence-corrected chi connectivity index (χ0v) is 11.6. The van der Waals surface area contributed by atoms with Crippen LogP contribution in [0.1, 0.15) is 15.9 Å². The van der Waals surface area contributed by atoms with Crippen LogP contribution in [0.5, 0.6) is 5.75 Å². The van der Waals surface area contributed by atoms with Crippen molar-refractivity contribution in [3.8, 4) is 5.75 Å². The summed E-state index contributed by atoms with van der Waals surface area (Å²) in [6.45, 7) is 0.476. The van der Waals surface area contributed by atoms with Crippen LogP contribution in [-0.2, 0) is 6.54 Å². The molecule has 3 aromatic rings. The third kappa shape index (κ3) is 2.86. The normalized spacial score (nSPS) is 10.5. The van der Waals surface area contributed by atoms with Gasteiger partial charge in [0.05, 0.1) is 18.8 Å². The number of benzene rings is 2. The molecule has 0 aliphatic carbocycles. The lowest BCUT2D eigenvalue weighted by Crippen LogP contribution is -2.22. The van der Waals surface area contributed by atoms with Crippen LogP contribution in [0.3, 0.4) is 0 Å². The summed E-state index contributed by atoms with van der Waals surface area (Å²) in [5.41, 5.74) is 2.49. The lowest BCUT2D eigenvalue weighted by molar-refractivity contribution is 0.0951. The number of aromatic amines is 1. The van der Waals surface area contributed by atoms with Gasteiger partial charge in [-0.1, -0.05) is 18.2 Å². The number of rotatable bonds is 4. The second-order valence-electron chi connectivity index (χ2n) is 4.70. The fourth-order valence-electron chi connectivity index (χ4n) is 2.11. The number of carbonyl (C=O) groups is 1. The predicted molar refractivity (Wildman–Crippen MR) is 80.3 cm³/mol.